The van der Waals surface area contributed by atoms with Crippen molar-refractivity contribution in [3.63, 3.8) is 0 Å². The molecule has 8 nitrogen and oxygen atoms in total. The number of aromatic nitrogens is 4. The standard InChI is InChI=1S/C21H28N6O2/c1-26(2)19-12-11-18(23-24-19)21(29)22-15-7-9-16(10-8-15)27-20(28)13-14-5-3-4-6-17(14)25-27/h11-13,15-16H,3-10H2,1-2H3,(H,22,29). The fourth-order valence-corrected chi connectivity index (χ4v) is 4.25. The van der Waals surface area contributed by atoms with Crippen molar-refractivity contribution in [2.75, 3.05) is 19.0 Å². The topological polar surface area (TPSA) is 93.0 Å². The first-order valence-corrected chi connectivity index (χ1v) is 10.4. The van der Waals surface area contributed by atoms with E-state index in [0.717, 1.165) is 62.6 Å². The number of anilines is 1. The third-order valence-corrected chi connectivity index (χ3v) is 5.95. The molecule has 8 heteroatoms. The fraction of sp³-hybridized carbons (Fsp3) is 0.571. The molecule has 0 unspecified atom stereocenters. The Bertz CT molecular complexity index is 929. The largest absolute Gasteiger partial charge is 0.361 e. The number of fused-ring (bicyclic) bond motifs is 1. The molecular formula is C21H28N6O2. The molecule has 0 saturated heterocycles. The second kappa shape index (κ2) is 8.31. The first-order chi connectivity index (χ1) is 14.0. The molecule has 1 N–H and O–H groups in total. The highest BCUT2D eigenvalue weighted by molar-refractivity contribution is 5.92. The summed E-state index contributed by atoms with van der Waals surface area (Å²) in [5, 5.41) is 15.8. The number of hydrogen-bond donors (Lipinski definition) is 1. The lowest BCUT2D eigenvalue weighted by Crippen LogP contribution is -2.40. The third-order valence-electron chi connectivity index (χ3n) is 5.95. The molecule has 0 spiro atoms. The number of nitrogens with one attached hydrogen (secondary N) is 1. The van der Waals surface area contributed by atoms with E-state index >= 15 is 0 Å². The lowest BCUT2D eigenvalue weighted by atomic mass is 9.91. The van der Waals surface area contributed by atoms with Crippen molar-refractivity contribution in [1.82, 2.24) is 25.3 Å². The number of hydrogen-bond acceptors (Lipinski definition) is 6. The van der Waals surface area contributed by atoms with Crippen molar-refractivity contribution in [1.29, 1.82) is 0 Å². The maximum Gasteiger partial charge on any atom is 0.272 e. The van der Waals surface area contributed by atoms with Crippen molar-refractivity contribution in [3.05, 3.63) is 45.5 Å². The van der Waals surface area contributed by atoms with E-state index in [0.29, 0.717) is 11.5 Å². The van der Waals surface area contributed by atoms with Gasteiger partial charge in [-0.1, -0.05) is 0 Å². The van der Waals surface area contributed by atoms with Crippen LogP contribution in [0.5, 0.6) is 0 Å². The van der Waals surface area contributed by atoms with E-state index in [4.69, 9.17) is 0 Å². The summed E-state index contributed by atoms with van der Waals surface area (Å²) in [4.78, 5) is 26.8. The van der Waals surface area contributed by atoms with Gasteiger partial charge in [0.15, 0.2) is 11.5 Å². The van der Waals surface area contributed by atoms with Gasteiger partial charge in [0.2, 0.25) is 0 Å². The van der Waals surface area contributed by atoms with Crippen LogP contribution < -0.4 is 15.8 Å². The van der Waals surface area contributed by atoms with Gasteiger partial charge in [-0.3, -0.25) is 9.59 Å². The third kappa shape index (κ3) is 4.31. The van der Waals surface area contributed by atoms with Crippen LogP contribution in [0.15, 0.2) is 23.0 Å². The average Bonchev–Trinajstić information content (AvgIpc) is 2.74. The Morgan fingerprint density at radius 3 is 2.55 bits per heavy atom. The van der Waals surface area contributed by atoms with Crippen LogP contribution in [0.25, 0.3) is 0 Å². The van der Waals surface area contributed by atoms with Gasteiger partial charge in [0.25, 0.3) is 11.5 Å². The lowest BCUT2D eigenvalue weighted by Gasteiger charge is -2.30. The number of carbonyl (C=O) groups excluding carboxylic acids is 1. The van der Waals surface area contributed by atoms with E-state index in [2.05, 4.69) is 20.6 Å². The van der Waals surface area contributed by atoms with E-state index in [1.54, 1.807) is 22.9 Å². The maximum atomic E-state index is 12.5. The predicted octanol–water partition coefficient (Wildman–Crippen LogP) is 1.89. The van der Waals surface area contributed by atoms with Crippen LogP contribution in [0.2, 0.25) is 0 Å². The van der Waals surface area contributed by atoms with Gasteiger partial charge in [-0.2, -0.15) is 5.10 Å². The van der Waals surface area contributed by atoms with Crippen LogP contribution in [0.4, 0.5) is 5.82 Å². The molecule has 29 heavy (non-hydrogen) atoms. The Labute approximate surface area is 170 Å². The highest BCUT2D eigenvalue weighted by atomic mass is 16.2. The molecule has 154 valence electrons. The van der Waals surface area contributed by atoms with Gasteiger partial charge < -0.3 is 10.2 Å². The summed E-state index contributed by atoms with van der Waals surface area (Å²) < 4.78 is 1.69. The molecule has 1 fully saturated rings. The minimum Gasteiger partial charge on any atom is -0.361 e. The smallest absolute Gasteiger partial charge is 0.272 e. The summed E-state index contributed by atoms with van der Waals surface area (Å²) in [6.45, 7) is 0. The zero-order chi connectivity index (χ0) is 20.4. The van der Waals surface area contributed by atoms with Crippen LogP contribution in [-0.4, -0.2) is 46.0 Å². The first-order valence-electron chi connectivity index (χ1n) is 10.4. The molecule has 1 amide bonds. The monoisotopic (exact) mass is 396 g/mol. The van der Waals surface area contributed by atoms with Crippen molar-refractivity contribution in [2.24, 2.45) is 0 Å². The quantitative estimate of drug-likeness (QED) is 0.848. The molecule has 2 aromatic heterocycles. The zero-order valence-corrected chi connectivity index (χ0v) is 17.1. The molecule has 0 aliphatic heterocycles. The van der Waals surface area contributed by atoms with E-state index < -0.39 is 0 Å². The van der Waals surface area contributed by atoms with Crippen LogP contribution in [0.3, 0.4) is 0 Å². The number of rotatable bonds is 4. The lowest BCUT2D eigenvalue weighted by molar-refractivity contribution is 0.0915. The second-order valence-corrected chi connectivity index (χ2v) is 8.26. The van der Waals surface area contributed by atoms with Crippen LogP contribution >= 0.6 is 0 Å². The van der Waals surface area contributed by atoms with Crippen molar-refractivity contribution < 1.29 is 4.79 Å². The molecule has 2 aliphatic rings. The Kier molecular flexibility index (Phi) is 5.60. The van der Waals surface area contributed by atoms with E-state index in [1.165, 1.54) is 0 Å². The van der Waals surface area contributed by atoms with E-state index in [1.807, 2.05) is 19.0 Å². The number of carbonyl (C=O) groups is 1. The van der Waals surface area contributed by atoms with Gasteiger partial charge in [-0.15, -0.1) is 10.2 Å². The van der Waals surface area contributed by atoms with E-state index in [-0.39, 0.29) is 23.6 Å². The molecule has 0 radical (unpaired) electrons. The molecule has 2 heterocycles. The summed E-state index contributed by atoms with van der Waals surface area (Å²) in [5.41, 5.74) is 2.55. The molecular weight excluding hydrogens is 368 g/mol. The highest BCUT2D eigenvalue weighted by Gasteiger charge is 2.26. The molecule has 4 rings (SSSR count). The van der Waals surface area contributed by atoms with Crippen molar-refractivity contribution in [3.8, 4) is 0 Å². The molecule has 1 saturated carbocycles. The maximum absolute atomic E-state index is 12.5. The van der Waals surface area contributed by atoms with Gasteiger partial charge in [0, 0.05) is 26.2 Å². The van der Waals surface area contributed by atoms with E-state index in [9.17, 15) is 9.59 Å². The van der Waals surface area contributed by atoms with Gasteiger partial charge in [0.1, 0.15) is 0 Å². The SMILES string of the molecule is CN(C)c1ccc(C(=O)NC2CCC(n3nc4c(cc3=O)CCCC4)CC2)nn1. The van der Waals surface area contributed by atoms with Crippen LogP contribution in [0, 0.1) is 0 Å². The summed E-state index contributed by atoms with van der Waals surface area (Å²) >= 11 is 0. The highest BCUT2D eigenvalue weighted by Crippen LogP contribution is 2.28. The number of amides is 1. The Morgan fingerprint density at radius 1 is 1.10 bits per heavy atom. The summed E-state index contributed by atoms with van der Waals surface area (Å²) in [7, 11) is 3.76. The van der Waals surface area contributed by atoms with Crippen molar-refractivity contribution >= 4 is 11.7 Å². The summed E-state index contributed by atoms with van der Waals surface area (Å²) in [6, 6.07) is 5.46. The zero-order valence-electron chi connectivity index (χ0n) is 17.1. The Morgan fingerprint density at radius 2 is 1.86 bits per heavy atom. The van der Waals surface area contributed by atoms with Gasteiger partial charge >= 0.3 is 0 Å². The number of nitrogens with zero attached hydrogens (tertiary/aromatic N) is 5. The number of aryl methyl sites for hydroxylation is 2. The normalized spacial score (nSPS) is 21.3. The minimum absolute atomic E-state index is 0.00870. The van der Waals surface area contributed by atoms with Crippen LogP contribution in [0.1, 0.15) is 66.3 Å². The van der Waals surface area contributed by atoms with Crippen molar-refractivity contribution in [2.45, 2.75) is 63.5 Å². The second-order valence-electron chi connectivity index (χ2n) is 8.26. The molecule has 0 bridgehead atoms. The van der Waals surface area contributed by atoms with Crippen LogP contribution in [-0.2, 0) is 12.8 Å². The van der Waals surface area contributed by atoms with Gasteiger partial charge in [-0.05, 0) is 69.1 Å². The molecule has 2 aliphatic carbocycles. The minimum atomic E-state index is -0.199. The van der Waals surface area contributed by atoms with Gasteiger partial charge in [-0.25, -0.2) is 4.68 Å². The van der Waals surface area contributed by atoms with Gasteiger partial charge in [0.05, 0.1) is 11.7 Å². The summed E-state index contributed by atoms with van der Waals surface area (Å²) in [6.07, 6.45) is 7.55. The predicted molar refractivity (Wildman–Crippen MR) is 110 cm³/mol. The Balaban J connectivity index is 1.36. The first kappa shape index (κ1) is 19.5. The molecule has 0 aromatic carbocycles. The molecule has 2 aromatic rings. The summed E-state index contributed by atoms with van der Waals surface area (Å²) in [5.74, 6) is 0.514. The fourth-order valence-electron chi connectivity index (χ4n) is 4.25. The Hall–Kier alpha value is -2.77. The average molecular weight is 396 g/mol. The molecule has 0 atom stereocenters.